The number of methoxy groups -OCH3 is 1. The van der Waals surface area contributed by atoms with Crippen LogP contribution >= 0.6 is 0 Å². The molecule has 2 aromatic carbocycles. The number of benzene rings is 2. The number of anilines is 2. The third kappa shape index (κ3) is 5.31. The maximum Gasteiger partial charge on any atom is 0.236 e. The van der Waals surface area contributed by atoms with Crippen LogP contribution in [0.2, 0.25) is 0 Å². The highest BCUT2D eigenvalue weighted by atomic mass is 16.5. The molecular formula is C24H30N4O4. The Morgan fingerprint density at radius 1 is 1.00 bits per heavy atom. The van der Waals surface area contributed by atoms with Crippen molar-refractivity contribution in [2.24, 2.45) is 5.92 Å². The standard InChI is InChI=1S/C24H30N4O4/c1-32-22-8-4-20(5-9-22)27-12-14-28(15-13-27)23(30)17-26-11-10-18(16-26)24(31)25-19-2-6-21(29)7-3-19/h2-9,18,29H,10-17H2,1H3,(H,25,31). The molecule has 2 saturated heterocycles. The maximum absolute atomic E-state index is 12.8. The van der Waals surface area contributed by atoms with Crippen LogP contribution in [0.1, 0.15) is 6.42 Å². The molecular weight excluding hydrogens is 408 g/mol. The number of carbonyl (C=O) groups is 2. The van der Waals surface area contributed by atoms with Gasteiger partial charge in [-0.05, 0) is 61.5 Å². The van der Waals surface area contributed by atoms with E-state index >= 15 is 0 Å². The highest BCUT2D eigenvalue weighted by Crippen LogP contribution is 2.22. The Morgan fingerprint density at radius 3 is 2.34 bits per heavy atom. The van der Waals surface area contributed by atoms with Gasteiger partial charge in [0, 0.05) is 44.1 Å². The van der Waals surface area contributed by atoms with Crippen LogP contribution in [0.3, 0.4) is 0 Å². The van der Waals surface area contributed by atoms with E-state index in [9.17, 15) is 14.7 Å². The van der Waals surface area contributed by atoms with Crippen LogP contribution in [0.15, 0.2) is 48.5 Å². The van der Waals surface area contributed by atoms with Crippen molar-refractivity contribution in [1.29, 1.82) is 0 Å². The van der Waals surface area contributed by atoms with Gasteiger partial charge >= 0.3 is 0 Å². The number of nitrogens with one attached hydrogen (secondary N) is 1. The van der Waals surface area contributed by atoms with E-state index < -0.39 is 0 Å². The van der Waals surface area contributed by atoms with Crippen LogP contribution < -0.4 is 15.0 Å². The second kappa shape index (κ2) is 9.91. The van der Waals surface area contributed by atoms with Crippen LogP contribution in [-0.4, -0.2) is 79.6 Å². The van der Waals surface area contributed by atoms with E-state index in [1.54, 1.807) is 31.4 Å². The van der Waals surface area contributed by atoms with Crippen LogP contribution in [0, 0.1) is 5.92 Å². The lowest BCUT2D eigenvalue weighted by atomic mass is 10.1. The Labute approximate surface area is 188 Å². The Kier molecular flexibility index (Phi) is 6.80. The average Bonchev–Trinajstić information content (AvgIpc) is 3.29. The fourth-order valence-electron chi connectivity index (χ4n) is 4.28. The van der Waals surface area contributed by atoms with Crippen molar-refractivity contribution in [3.05, 3.63) is 48.5 Å². The molecule has 4 rings (SSSR count). The number of likely N-dealkylation sites (tertiary alicyclic amines) is 1. The largest absolute Gasteiger partial charge is 0.508 e. The summed E-state index contributed by atoms with van der Waals surface area (Å²) in [6, 6.07) is 14.4. The summed E-state index contributed by atoms with van der Waals surface area (Å²) in [6.07, 6.45) is 0.739. The maximum atomic E-state index is 12.8. The molecule has 0 bridgehead atoms. The lowest BCUT2D eigenvalue weighted by molar-refractivity contribution is -0.132. The minimum atomic E-state index is -0.136. The Morgan fingerprint density at radius 2 is 1.69 bits per heavy atom. The first-order chi connectivity index (χ1) is 15.5. The number of nitrogens with zero attached hydrogens (tertiary/aromatic N) is 3. The Bertz CT molecular complexity index is 924. The number of carbonyl (C=O) groups excluding carboxylic acids is 2. The molecule has 0 aliphatic carbocycles. The van der Waals surface area contributed by atoms with Gasteiger partial charge < -0.3 is 25.0 Å². The first kappa shape index (κ1) is 22.0. The van der Waals surface area contributed by atoms with E-state index in [1.165, 1.54) is 0 Å². The van der Waals surface area contributed by atoms with Gasteiger partial charge in [0.15, 0.2) is 0 Å². The summed E-state index contributed by atoms with van der Waals surface area (Å²) in [6.45, 7) is 4.68. The van der Waals surface area contributed by atoms with E-state index in [0.29, 0.717) is 31.9 Å². The quantitative estimate of drug-likeness (QED) is 0.672. The summed E-state index contributed by atoms with van der Waals surface area (Å²) in [5.41, 5.74) is 1.80. The zero-order valence-corrected chi connectivity index (χ0v) is 18.4. The third-order valence-corrected chi connectivity index (χ3v) is 6.21. The highest BCUT2D eigenvalue weighted by molar-refractivity contribution is 5.93. The molecule has 8 nitrogen and oxygen atoms in total. The van der Waals surface area contributed by atoms with Gasteiger partial charge in [0.25, 0.3) is 0 Å². The molecule has 0 aromatic heterocycles. The summed E-state index contributed by atoms with van der Waals surface area (Å²) in [4.78, 5) is 31.6. The van der Waals surface area contributed by atoms with Gasteiger partial charge in [-0.2, -0.15) is 0 Å². The number of phenols is 1. The number of hydrogen-bond acceptors (Lipinski definition) is 6. The molecule has 2 amide bonds. The van der Waals surface area contributed by atoms with Crippen molar-refractivity contribution in [3.63, 3.8) is 0 Å². The van der Waals surface area contributed by atoms with E-state index in [-0.39, 0.29) is 23.5 Å². The lowest BCUT2D eigenvalue weighted by Crippen LogP contribution is -2.51. The molecule has 0 saturated carbocycles. The molecule has 0 spiro atoms. The zero-order chi connectivity index (χ0) is 22.5. The van der Waals surface area contributed by atoms with E-state index in [0.717, 1.165) is 37.5 Å². The van der Waals surface area contributed by atoms with Gasteiger partial charge in [0.2, 0.25) is 11.8 Å². The van der Waals surface area contributed by atoms with Crippen molar-refractivity contribution >= 4 is 23.2 Å². The Hall–Kier alpha value is -3.26. The normalized spacial score (nSPS) is 19.1. The predicted octanol–water partition coefficient (Wildman–Crippen LogP) is 2.01. The molecule has 170 valence electrons. The molecule has 2 aromatic rings. The number of aromatic hydroxyl groups is 1. The minimum absolute atomic E-state index is 0.0428. The molecule has 1 unspecified atom stereocenters. The van der Waals surface area contributed by atoms with Crippen LogP contribution in [0.4, 0.5) is 11.4 Å². The minimum Gasteiger partial charge on any atom is -0.508 e. The summed E-state index contributed by atoms with van der Waals surface area (Å²) in [7, 11) is 1.66. The summed E-state index contributed by atoms with van der Waals surface area (Å²) < 4.78 is 5.21. The van der Waals surface area contributed by atoms with Gasteiger partial charge in [-0.15, -0.1) is 0 Å². The molecule has 32 heavy (non-hydrogen) atoms. The number of amides is 2. The number of phenolic OH excluding ortho intramolecular Hbond substituents is 1. The number of rotatable bonds is 6. The van der Waals surface area contributed by atoms with Crippen LogP contribution in [0.25, 0.3) is 0 Å². The van der Waals surface area contributed by atoms with Gasteiger partial charge in [-0.25, -0.2) is 0 Å². The molecule has 0 radical (unpaired) electrons. The van der Waals surface area contributed by atoms with Crippen molar-refractivity contribution in [2.45, 2.75) is 6.42 Å². The van der Waals surface area contributed by atoms with Crippen LogP contribution in [0.5, 0.6) is 11.5 Å². The summed E-state index contributed by atoms with van der Waals surface area (Å²) >= 11 is 0. The van der Waals surface area contributed by atoms with Gasteiger partial charge in [0.1, 0.15) is 11.5 Å². The van der Waals surface area contributed by atoms with E-state index in [4.69, 9.17) is 4.74 Å². The molecule has 2 N–H and O–H groups in total. The van der Waals surface area contributed by atoms with Gasteiger partial charge in [-0.1, -0.05) is 0 Å². The fourth-order valence-corrected chi connectivity index (χ4v) is 4.28. The molecule has 1 atom stereocenters. The van der Waals surface area contributed by atoms with Gasteiger partial charge in [-0.3, -0.25) is 14.5 Å². The zero-order valence-electron chi connectivity index (χ0n) is 18.4. The number of piperazine rings is 1. The monoisotopic (exact) mass is 438 g/mol. The predicted molar refractivity (Wildman–Crippen MR) is 123 cm³/mol. The van der Waals surface area contributed by atoms with Crippen molar-refractivity contribution < 1.29 is 19.4 Å². The highest BCUT2D eigenvalue weighted by Gasteiger charge is 2.31. The SMILES string of the molecule is COc1ccc(N2CCN(C(=O)CN3CCC(C(=O)Nc4ccc(O)cc4)C3)CC2)cc1. The number of hydrogen-bond donors (Lipinski definition) is 2. The summed E-state index contributed by atoms with van der Waals surface area (Å²) in [5.74, 6) is 0.947. The average molecular weight is 439 g/mol. The van der Waals surface area contributed by atoms with Crippen molar-refractivity contribution in [3.8, 4) is 11.5 Å². The topological polar surface area (TPSA) is 85.4 Å². The second-order valence-corrected chi connectivity index (χ2v) is 8.32. The van der Waals surface area contributed by atoms with E-state index in [2.05, 4.69) is 15.1 Å². The molecule has 2 heterocycles. The first-order valence-corrected chi connectivity index (χ1v) is 11.0. The molecule has 2 fully saturated rings. The number of ether oxygens (including phenoxy) is 1. The van der Waals surface area contributed by atoms with E-state index in [1.807, 2.05) is 29.2 Å². The lowest BCUT2D eigenvalue weighted by Gasteiger charge is -2.36. The van der Waals surface area contributed by atoms with Gasteiger partial charge in [0.05, 0.1) is 19.6 Å². The second-order valence-electron chi connectivity index (χ2n) is 8.32. The molecule has 2 aliphatic rings. The molecule has 8 heteroatoms. The fraction of sp³-hybridized carbons (Fsp3) is 0.417. The molecule has 2 aliphatic heterocycles. The third-order valence-electron chi connectivity index (χ3n) is 6.21. The smallest absolute Gasteiger partial charge is 0.236 e. The first-order valence-electron chi connectivity index (χ1n) is 11.0. The van der Waals surface area contributed by atoms with Crippen molar-refractivity contribution in [1.82, 2.24) is 9.80 Å². The van der Waals surface area contributed by atoms with Crippen LogP contribution in [-0.2, 0) is 9.59 Å². The summed E-state index contributed by atoms with van der Waals surface area (Å²) in [5, 5.41) is 12.2. The Balaban J connectivity index is 1.21. The van der Waals surface area contributed by atoms with Crippen molar-refractivity contribution in [2.75, 3.05) is 63.1 Å².